The molecule has 0 aliphatic rings. The molecule has 0 aliphatic carbocycles. The minimum Gasteiger partial charge on any atom is -0.387 e. The second-order valence-corrected chi connectivity index (χ2v) is 4.71. The Kier molecular flexibility index (Phi) is 4.46. The molecule has 1 unspecified atom stereocenters. The van der Waals surface area contributed by atoms with Gasteiger partial charge in [0.15, 0.2) is 0 Å². The van der Waals surface area contributed by atoms with Crippen LogP contribution in [0.2, 0.25) is 5.02 Å². The molecule has 6 heteroatoms. The lowest BCUT2D eigenvalue weighted by atomic mass is 10.1. The van der Waals surface area contributed by atoms with E-state index in [1.165, 1.54) is 12.5 Å². The van der Waals surface area contributed by atoms with Crippen molar-refractivity contribution in [2.45, 2.75) is 12.5 Å². The highest BCUT2D eigenvalue weighted by Gasteiger charge is 2.21. The van der Waals surface area contributed by atoms with Gasteiger partial charge in [-0.2, -0.15) is 0 Å². The zero-order chi connectivity index (χ0) is 12.2. The minimum atomic E-state index is -0.836. The third kappa shape index (κ3) is 4.30. The largest absolute Gasteiger partial charge is 0.387 e. The Balaban J connectivity index is 2.54. The molecule has 0 radical (unpaired) electrons. The summed E-state index contributed by atoms with van der Waals surface area (Å²) in [6.07, 6.45) is 2.92. The average Bonchev–Trinajstić information content (AvgIpc) is 2.14. The van der Waals surface area contributed by atoms with Crippen molar-refractivity contribution >= 4 is 17.4 Å². The molecule has 1 aromatic heterocycles. The minimum absolute atomic E-state index is 0.377. The highest BCUT2D eigenvalue weighted by atomic mass is 35.5. The van der Waals surface area contributed by atoms with E-state index in [1.807, 2.05) is 19.0 Å². The molecule has 0 spiro atoms. The topological polar surface area (TPSA) is 61.3 Å². The van der Waals surface area contributed by atoms with Crippen LogP contribution in [-0.2, 0) is 0 Å². The molecule has 1 rings (SSSR count). The van der Waals surface area contributed by atoms with Crippen molar-refractivity contribution in [3.63, 3.8) is 0 Å². The maximum Gasteiger partial charge on any atom is 0.148 e. The highest BCUT2D eigenvalue weighted by molar-refractivity contribution is 6.32. The molecule has 16 heavy (non-hydrogen) atoms. The zero-order valence-electron chi connectivity index (χ0n) is 9.74. The number of likely N-dealkylation sites (N-methyl/N-ethyl adjacent to an activating group) is 1. The van der Waals surface area contributed by atoms with Gasteiger partial charge in [-0.25, -0.2) is 9.97 Å². The van der Waals surface area contributed by atoms with Crippen LogP contribution in [0.1, 0.15) is 6.92 Å². The molecule has 0 saturated heterocycles. The van der Waals surface area contributed by atoms with Crippen molar-refractivity contribution in [3.8, 4) is 0 Å². The number of halogens is 1. The van der Waals surface area contributed by atoms with Gasteiger partial charge in [-0.1, -0.05) is 11.6 Å². The van der Waals surface area contributed by atoms with E-state index in [2.05, 4.69) is 15.3 Å². The van der Waals surface area contributed by atoms with Gasteiger partial charge in [0, 0.05) is 13.1 Å². The Morgan fingerprint density at radius 1 is 1.56 bits per heavy atom. The number of hydrogen-bond acceptors (Lipinski definition) is 5. The second-order valence-electron chi connectivity index (χ2n) is 4.31. The summed E-state index contributed by atoms with van der Waals surface area (Å²) in [5.41, 5.74) is -0.836. The summed E-state index contributed by atoms with van der Waals surface area (Å²) < 4.78 is 0. The maximum absolute atomic E-state index is 10.0. The molecule has 0 saturated carbocycles. The number of nitrogens with one attached hydrogen (secondary N) is 1. The molecule has 0 bridgehead atoms. The van der Waals surface area contributed by atoms with Crippen LogP contribution in [0.15, 0.2) is 12.5 Å². The standard InChI is InChI=1S/C10H17ClN4O/c1-10(16,6-15(2)3)5-13-9-8(11)4-12-7-14-9/h4,7,16H,5-6H2,1-3H3,(H,12,13,14). The molecule has 0 fully saturated rings. The van der Waals surface area contributed by atoms with Gasteiger partial charge in [-0.15, -0.1) is 0 Å². The van der Waals surface area contributed by atoms with E-state index in [9.17, 15) is 5.11 Å². The summed E-state index contributed by atoms with van der Waals surface area (Å²) in [6.45, 7) is 2.69. The van der Waals surface area contributed by atoms with Crippen LogP contribution in [0.4, 0.5) is 5.82 Å². The second kappa shape index (κ2) is 5.43. The lowest BCUT2D eigenvalue weighted by Gasteiger charge is -2.27. The van der Waals surface area contributed by atoms with E-state index in [-0.39, 0.29) is 0 Å². The molecule has 1 atom stereocenters. The molecule has 0 aliphatic heterocycles. The van der Waals surface area contributed by atoms with Crippen molar-refractivity contribution in [3.05, 3.63) is 17.5 Å². The summed E-state index contributed by atoms with van der Waals surface area (Å²) in [6, 6.07) is 0. The van der Waals surface area contributed by atoms with Gasteiger partial charge in [-0.05, 0) is 21.0 Å². The molecular weight excluding hydrogens is 228 g/mol. The first-order valence-corrected chi connectivity index (χ1v) is 5.35. The number of anilines is 1. The lowest BCUT2D eigenvalue weighted by Crippen LogP contribution is -2.43. The third-order valence-electron chi connectivity index (χ3n) is 1.96. The Morgan fingerprint density at radius 3 is 2.81 bits per heavy atom. The van der Waals surface area contributed by atoms with E-state index < -0.39 is 5.60 Å². The van der Waals surface area contributed by atoms with Gasteiger partial charge in [0.25, 0.3) is 0 Å². The Hall–Kier alpha value is -0.910. The smallest absolute Gasteiger partial charge is 0.148 e. The predicted octanol–water partition coefficient (Wildman–Crippen LogP) is 0.854. The number of aromatic nitrogens is 2. The number of aliphatic hydroxyl groups is 1. The van der Waals surface area contributed by atoms with Crippen LogP contribution in [0.5, 0.6) is 0 Å². The predicted molar refractivity (Wildman–Crippen MR) is 64.7 cm³/mol. The Labute approximate surface area is 100 Å². The van der Waals surface area contributed by atoms with Gasteiger partial charge >= 0.3 is 0 Å². The van der Waals surface area contributed by atoms with E-state index in [1.54, 1.807) is 6.92 Å². The van der Waals surface area contributed by atoms with Crippen molar-refractivity contribution in [2.75, 3.05) is 32.5 Å². The quantitative estimate of drug-likeness (QED) is 0.804. The van der Waals surface area contributed by atoms with Gasteiger partial charge < -0.3 is 15.3 Å². The van der Waals surface area contributed by atoms with Gasteiger partial charge in [-0.3, -0.25) is 0 Å². The van der Waals surface area contributed by atoms with E-state index in [0.717, 1.165) is 0 Å². The third-order valence-corrected chi connectivity index (χ3v) is 2.24. The maximum atomic E-state index is 10.0. The molecule has 2 N–H and O–H groups in total. The van der Waals surface area contributed by atoms with Crippen molar-refractivity contribution in [1.29, 1.82) is 0 Å². The zero-order valence-corrected chi connectivity index (χ0v) is 10.5. The van der Waals surface area contributed by atoms with Crippen molar-refractivity contribution in [1.82, 2.24) is 14.9 Å². The summed E-state index contributed by atoms with van der Waals surface area (Å²) in [5, 5.41) is 13.5. The monoisotopic (exact) mass is 244 g/mol. The molecule has 5 nitrogen and oxygen atoms in total. The fourth-order valence-electron chi connectivity index (χ4n) is 1.45. The molecule has 90 valence electrons. The first kappa shape index (κ1) is 13.2. The van der Waals surface area contributed by atoms with E-state index in [0.29, 0.717) is 23.9 Å². The van der Waals surface area contributed by atoms with Crippen molar-refractivity contribution < 1.29 is 5.11 Å². The van der Waals surface area contributed by atoms with Crippen LogP contribution in [0.25, 0.3) is 0 Å². The van der Waals surface area contributed by atoms with E-state index in [4.69, 9.17) is 11.6 Å². The summed E-state index contributed by atoms with van der Waals surface area (Å²) in [5.74, 6) is 0.538. The van der Waals surface area contributed by atoms with Crippen LogP contribution in [-0.4, -0.2) is 52.8 Å². The summed E-state index contributed by atoms with van der Waals surface area (Å²) in [4.78, 5) is 9.69. The lowest BCUT2D eigenvalue weighted by molar-refractivity contribution is 0.0459. The van der Waals surface area contributed by atoms with Gasteiger partial charge in [0.05, 0.1) is 11.8 Å². The SMILES string of the molecule is CN(C)CC(C)(O)CNc1ncncc1Cl. The van der Waals surface area contributed by atoms with Crippen LogP contribution < -0.4 is 5.32 Å². The first-order valence-electron chi connectivity index (χ1n) is 4.97. The molecule has 0 aromatic carbocycles. The molecule has 1 aromatic rings. The number of hydrogen-bond donors (Lipinski definition) is 2. The van der Waals surface area contributed by atoms with Crippen LogP contribution in [0, 0.1) is 0 Å². The van der Waals surface area contributed by atoms with Crippen molar-refractivity contribution in [2.24, 2.45) is 0 Å². The summed E-state index contributed by atoms with van der Waals surface area (Å²) in [7, 11) is 3.82. The Morgan fingerprint density at radius 2 is 2.25 bits per heavy atom. The van der Waals surface area contributed by atoms with Gasteiger partial charge in [0.1, 0.15) is 17.2 Å². The average molecular weight is 245 g/mol. The first-order chi connectivity index (χ1) is 7.41. The van der Waals surface area contributed by atoms with Crippen LogP contribution >= 0.6 is 11.6 Å². The number of nitrogens with zero attached hydrogens (tertiary/aromatic N) is 3. The molecule has 1 heterocycles. The normalized spacial score (nSPS) is 14.9. The summed E-state index contributed by atoms with van der Waals surface area (Å²) >= 11 is 5.88. The molecular formula is C10H17ClN4O. The Bertz CT molecular complexity index is 343. The van der Waals surface area contributed by atoms with Gasteiger partial charge in [0.2, 0.25) is 0 Å². The fraction of sp³-hybridized carbons (Fsp3) is 0.600. The fourth-order valence-corrected chi connectivity index (χ4v) is 1.63. The molecule has 0 amide bonds. The highest BCUT2D eigenvalue weighted by Crippen LogP contribution is 2.17. The number of rotatable bonds is 5. The van der Waals surface area contributed by atoms with Crippen LogP contribution in [0.3, 0.4) is 0 Å². The van der Waals surface area contributed by atoms with E-state index >= 15 is 0 Å².